The molecule has 8 aromatic rings. The van der Waals surface area contributed by atoms with Crippen molar-refractivity contribution in [2.75, 3.05) is 4.90 Å². The van der Waals surface area contributed by atoms with E-state index in [4.69, 9.17) is 0 Å². The van der Waals surface area contributed by atoms with Crippen molar-refractivity contribution in [1.29, 1.82) is 0 Å². The molecule has 0 amide bonds. The Balaban J connectivity index is 1.30. The molecule has 0 aliphatic heterocycles. The standard InChI is InChI=1S/C53H39N3/c1-2-3-7-27-52(42-20-16-19-41(34-42)43-36-54-38-55-37-43)56(46-30-28-40(29-31-46)39-17-8-4-9-18-39)47-32-33-49-48-25-14-15-26-50(48)53(51(49)35-47,44-21-10-5-11-22-44)45-23-12-6-13-24-45/h2-38H,1H2/b7-3-,52-27+. The lowest BCUT2D eigenvalue weighted by atomic mass is 9.67. The fourth-order valence-corrected chi connectivity index (χ4v) is 8.26. The van der Waals surface area contributed by atoms with Crippen LogP contribution in [0.2, 0.25) is 0 Å². The second-order valence-corrected chi connectivity index (χ2v) is 13.9. The summed E-state index contributed by atoms with van der Waals surface area (Å²) >= 11 is 0. The van der Waals surface area contributed by atoms with E-state index in [1.807, 2.05) is 24.5 Å². The molecule has 0 bridgehead atoms. The first-order chi connectivity index (χ1) is 27.8. The number of nitrogens with zero attached hydrogens (tertiary/aromatic N) is 3. The summed E-state index contributed by atoms with van der Waals surface area (Å²) in [5.74, 6) is 0. The average Bonchev–Trinajstić information content (AvgIpc) is 3.58. The second kappa shape index (κ2) is 15.2. The van der Waals surface area contributed by atoms with Crippen molar-refractivity contribution in [2.24, 2.45) is 0 Å². The molecule has 1 aromatic heterocycles. The zero-order valence-electron chi connectivity index (χ0n) is 30.9. The molecule has 1 heterocycles. The van der Waals surface area contributed by atoms with E-state index in [-0.39, 0.29) is 0 Å². The molecule has 3 heteroatoms. The summed E-state index contributed by atoms with van der Waals surface area (Å²) in [6, 6.07) is 65.9. The maximum Gasteiger partial charge on any atom is 0.115 e. The Morgan fingerprint density at radius 1 is 0.482 bits per heavy atom. The Bertz CT molecular complexity index is 2640. The maximum absolute atomic E-state index is 4.32. The first kappa shape index (κ1) is 34.4. The topological polar surface area (TPSA) is 29.0 Å². The largest absolute Gasteiger partial charge is 0.310 e. The first-order valence-electron chi connectivity index (χ1n) is 18.9. The van der Waals surface area contributed by atoms with Crippen LogP contribution in [0.1, 0.15) is 27.8 Å². The van der Waals surface area contributed by atoms with Gasteiger partial charge in [0, 0.05) is 29.3 Å². The Hall–Kier alpha value is -7.36. The number of fused-ring (bicyclic) bond motifs is 3. The summed E-state index contributed by atoms with van der Waals surface area (Å²) in [4.78, 5) is 11.0. The summed E-state index contributed by atoms with van der Waals surface area (Å²) in [6.07, 6.45) is 13.3. The molecule has 0 saturated carbocycles. The Morgan fingerprint density at radius 3 is 1.77 bits per heavy atom. The van der Waals surface area contributed by atoms with Gasteiger partial charge in [-0.2, -0.15) is 0 Å². The highest BCUT2D eigenvalue weighted by molar-refractivity contribution is 5.93. The van der Waals surface area contributed by atoms with Gasteiger partial charge in [-0.25, -0.2) is 9.97 Å². The van der Waals surface area contributed by atoms with Crippen LogP contribution >= 0.6 is 0 Å². The summed E-state index contributed by atoms with van der Waals surface area (Å²) in [5, 5.41) is 0. The van der Waals surface area contributed by atoms with E-state index in [9.17, 15) is 0 Å². The fourth-order valence-electron chi connectivity index (χ4n) is 8.26. The van der Waals surface area contributed by atoms with Crippen LogP contribution in [0, 0.1) is 0 Å². The molecular weight excluding hydrogens is 679 g/mol. The van der Waals surface area contributed by atoms with Gasteiger partial charge in [0.05, 0.1) is 11.1 Å². The smallest absolute Gasteiger partial charge is 0.115 e. The van der Waals surface area contributed by atoms with Crippen LogP contribution in [0.3, 0.4) is 0 Å². The normalized spacial score (nSPS) is 12.9. The molecule has 0 fully saturated rings. The van der Waals surface area contributed by atoms with E-state index < -0.39 is 5.41 Å². The molecule has 1 aliphatic rings. The SMILES string of the molecule is C=C/C=C\C=C(/c1cccc(-c2cncnc2)c1)N(c1ccc(-c2ccccc2)cc1)c1ccc2c(c1)C(c1ccccc1)(c1ccccc1)c1ccccc1-2. The molecule has 0 spiro atoms. The number of aromatic nitrogens is 2. The molecule has 0 atom stereocenters. The van der Waals surface area contributed by atoms with Gasteiger partial charge in [-0.3, -0.25) is 0 Å². The minimum absolute atomic E-state index is 0.535. The maximum atomic E-state index is 4.32. The number of rotatable bonds is 10. The molecule has 7 aromatic carbocycles. The average molecular weight is 718 g/mol. The summed E-state index contributed by atoms with van der Waals surface area (Å²) in [6.45, 7) is 3.97. The van der Waals surface area contributed by atoms with Gasteiger partial charge < -0.3 is 4.90 Å². The van der Waals surface area contributed by atoms with Crippen molar-refractivity contribution in [1.82, 2.24) is 9.97 Å². The Morgan fingerprint density at radius 2 is 1.07 bits per heavy atom. The quantitative estimate of drug-likeness (QED) is 0.132. The highest BCUT2D eigenvalue weighted by atomic mass is 15.1. The van der Waals surface area contributed by atoms with E-state index in [1.54, 1.807) is 6.33 Å². The molecule has 266 valence electrons. The van der Waals surface area contributed by atoms with Gasteiger partial charge in [-0.15, -0.1) is 0 Å². The number of anilines is 2. The molecule has 1 aliphatic carbocycles. The zero-order valence-corrected chi connectivity index (χ0v) is 30.9. The van der Waals surface area contributed by atoms with Gasteiger partial charge in [0.1, 0.15) is 6.33 Å². The minimum Gasteiger partial charge on any atom is -0.310 e. The van der Waals surface area contributed by atoms with Gasteiger partial charge in [0.25, 0.3) is 0 Å². The molecule has 0 saturated heterocycles. The zero-order chi connectivity index (χ0) is 37.7. The molecule has 0 radical (unpaired) electrons. The van der Waals surface area contributed by atoms with Crippen molar-refractivity contribution < 1.29 is 0 Å². The van der Waals surface area contributed by atoms with Crippen molar-refractivity contribution in [3.8, 4) is 33.4 Å². The molecule has 0 unspecified atom stereocenters. The van der Waals surface area contributed by atoms with Crippen molar-refractivity contribution in [3.63, 3.8) is 0 Å². The predicted molar refractivity (Wildman–Crippen MR) is 233 cm³/mol. The van der Waals surface area contributed by atoms with Crippen molar-refractivity contribution in [3.05, 3.63) is 259 Å². The van der Waals surface area contributed by atoms with E-state index in [0.29, 0.717) is 0 Å². The third-order valence-electron chi connectivity index (χ3n) is 10.7. The van der Waals surface area contributed by atoms with E-state index in [2.05, 4.69) is 216 Å². The summed E-state index contributed by atoms with van der Waals surface area (Å²) in [5.41, 5.74) is 15.4. The number of hydrogen-bond acceptors (Lipinski definition) is 3. The Labute approximate surface area is 329 Å². The first-order valence-corrected chi connectivity index (χ1v) is 18.9. The van der Waals surface area contributed by atoms with Crippen LogP contribution < -0.4 is 4.90 Å². The molecule has 56 heavy (non-hydrogen) atoms. The summed E-state index contributed by atoms with van der Waals surface area (Å²) < 4.78 is 0. The lowest BCUT2D eigenvalue weighted by Gasteiger charge is -2.35. The van der Waals surface area contributed by atoms with Crippen LogP contribution in [0.25, 0.3) is 39.1 Å². The third-order valence-corrected chi connectivity index (χ3v) is 10.7. The van der Waals surface area contributed by atoms with Crippen molar-refractivity contribution >= 4 is 17.1 Å². The molecule has 3 nitrogen and oxygen atoms in total. The third kappa shape index (κ3) is 6.15. The fraction of sp³-hybridized carbons (Fsp3) is 0.0189. The van der Waals surface area contributed by atoms with Gasteiger partial charge in [-0.05, 0) is 92.0 Å². The Kier molecular flexibility index (Phi) is 9.32. The van der Waals surface area contributed by atoms with E-state index in [0.717, 1.165) is 39.3 Å². The van der Waals surface area contributed by atoms with Crippen LogP contribution in [-0.2, 0) is 5.41 Å². The molecule has 9 rings (SSSR count). The number of hydrogen-bond donors (Lipinski definition) is 0. The molecular formula is C53H39N3. The molecule has 0 N–H and O–H groups in total. The van der Waals surface area contributed by atoms with Crippen LogP contribution in [0.5, 0.6) is 0 Å². The van der Waals surface area contributed by atoms with E-state index in [1.165, 1.54) is 38.9 Å². The highest BCUT2D eigenvalue weighted by Crippen LogP contribution is 2.57. The van der Waals surface area contributed by atoms with Crippen LogP contribution in [0.4, 0.5) is 11.4 Å². The number of benzene rings is 7. The lowest BCUT2D eigenvalue weighted by Crippen LogP contribution is -2.28. The summed E-state index contributed by atoms with van der Waals surface area (Å²) in [7, 11) is 0. The highest BCUT2D eigenvalue weighted by Gasteiger charge is 2.46. The monoisotopic (exact) mass is 717 g/mol. The van der Waals surface area contributed by atoms with E-state index >= 15 is 0 Å². The van der Waals surface area contributed by atoms with Gasteiger partial charge >= 0.3 is 0 Å². The number of allylic oxidation sites excluding steroid dienone is 4. The van der Waals surface area contributed by atoms with Gasteiger partial charge in [0.15, 0.2) is 0 Å². The lowest BCUT2D eigenvalue weighted by molar-refractivity contribution is 0.768. The van der Waals surface area contributed by atoms with Gasteiger partial charge in [-0.1, -0.05) is 176 Å². The predicted octanol–water partition coefficient (Wildman–Crippen LogP) is 13.1. The van der Waals surface area contributed by atoms with Crippen LogP contribution in [0.15, 0.2) is 232 Å². The van der Waals surface area contributed by atoms with Gasteiger partial charge in [0.2, 0.25) is 0 Å². The van der Waals surface area contributed by atoms with Crippen molar-refractivity contribution in [2.45, 2.75) is 5.41 Å². The minimum atomic E-state index is -0.535. The second-order valence-electron chi connectivity index (χ2n) is 13.9. The van der Waals surface area contributed by atoms with Crippen LogP contribution in [-0.4, -0.2) is 9.97 Å².